The van der Waals surface area contributed by atoms with Gasteiger partial charge < -0.3 is 14.2 Å². The van der Waals surface area contributed by atoms with Crippen LogP contribution in [0.15, 0.2) is 60.9 Å². The van der Waals surface area contributed by atoms with Gasteiger partial charge in [0.25, 0.3) is 0 Å². The Bertz CT molecular complexity index is 1030. The molecule has 4 rings (SSSR count). The van der Waals surface area contributed by atoms with Crippen molar-refractivity contribution < 1.29 is 9.53 Å². The van der Waals surface area contributed by atoms with Crippen molar-refractivity contribution in [2.45, 2.75) is 26.8 Å². The van der Waals surface area contributed by atoms with Gasteiger partial charge in [0.15, 0.2) is 0 Å². The smallest absolute Gasteiger partial charge is 0.227 e. The van der Waals surface area contributed by atoms with E-state index in [0.717, 1.165) is 36.8 Å². The minimum absolute atomic E-state index is 0.146. The van der Waals surface area contributed by atoms with Crippen LogP contribution in [0, 0.1) is 6.92 Å². The summed E-state index contributed by atoms with van der Waals surface area (Å²) in [6, 6.07) is 16.1. The molecule has 1 aromatic carbocycles. The van der Waals surface area contributed by atoms with Crippen LogP contribution in [-0.2, 0) is 17.8 Å². The first kappa shape index (κ1) is 21.1. The third-order valence-corrected chi connectivity index (χ3v) is 5.77. The molecule has 6 nitrogen and oxygen atoms in total. The van der Waals surface area contributed by atoms with Gasteiger partial charge in [0.05, 0.1) is 6.42 Å². The van der Waals surface area contributed by atoms with Crippen molar-refractivity contribution in [1.82, 2.24) is 19.4 Å². The quantitative estimate of drug-likeness (QED) is 0.651. The zero-order valence-corrected chi connectivity index (χ0v) is 18.3. The molecule has 2 aromatic heterocycles. The molecule has 1 amide bonds. The lowest BCUT2D eigenvalue weighted by Crippen LogP contribution is -2.40. The highest BCUT2D eigenvalue weighted by atomic mass is 16.5. The van der Waals surface area contributed by atoms with E-state index in [1.807, 2.05) is 48.4 Å². The number of benzene rings is 1. The van der Waals surface area contributed by atoms with E-state index < -0.39 is 0 Å². The van der Waals surface area contributed by atoms with Crippen LogP contribution in [0.4, 0.5) is 0 Å². The number of aryl methyl sites for hydroxylation is 1. The lowest BCUT2D eigenvalue weighted by molar-refractivity contribution is -0.130. The molecule has 31 heavy (non-hydrogen) atoms. The molecule has 0 spiro atoms. The summed E-state index contributed by atoms with van der Waals surface area (Å²) in [5, 5.41) is 0. The van der Waals surface area contributed by atoms with Crippen molar-refractivity contribution in [3.05, 3.63) is 77.7 Å². The number of likely N-dealkylation sites (N-methyl/N-ethyl adjacent to an activating group) is 1. The predicted molar refractivity (Wildman–Crippen MR) is 121 cm³/mol. The Morgan fingerprint density at radius 1 is 1.06 bits per heavy atom. The molecular formula is C25H30N4O2. The standard InChI is InChI=1S/C25H30N4O2/c1-3-28-14-13-27(15-16-31-23-9-5-4-7-21(23)18-25(28)30)19-22-8-6-12-29(22)24-17-20(2)10-11-26-24/h4-12,17H,3,13-16,18-19H2,1-2H3. The maximum absolute atomic E-state index is 12.9. The average Bonchev–Trinajstić information content (AvgIpc) is 3.22. The molecule has 0 aliphatic carbocycles. The summed E-state index contributed by atoms with van der Waals surface area (Å²) in [5.41, 5.74) is 3.31. The fourth-order valence-corrected chi connectivity index (χ4v) is 3.99. The number of nitrogens with zero attached hydrogens (tertiary/aromatic N) is 4. The predicted octanol–water partition coefficient (Wildman–Crippen LogP) is 3.47. The maximum Gasteiger partial charge on any atom is 0.227 e. The Hall–Kier alpha value is -3.12. The van der Waals surface area contributed by atoms with Crippen molar-refractivity contribution in [2.75, 3.05) is 32.8 Å². The van der Waals surface area contributed by atoms with Crippen molar-refractivity contribution in [3.63, 3.8) is 0 Å². The summed E-state index contributed by atoms with van der Waals surface area (Å²) < 4.78 is 8.22. The Morgan fingerprint density at radius 2 is 1.94 bits per heavy atom. The average molecular weight is 419 g/mol. The number of rotatable bonds is 4. The van der Waals surface area contributed by atoms with Crippen molar-refractivity contribution in [3.8, 4) is 11.6 Å². The summed E-state index contributed by atoms with van der Waals surface area (Å²) in [6.45, 7) is 8.46. The van der Waals surface area contributed by atoms with Gasteiger partial charge in [-0.05, 0) is 49.7 Å². The van der Waals surface area contributed by atoms with Gasteiger partial charge >= 0.3 is 0 Å². The van der Waals surface area contributed by atoms with Gasteiger partial charge in [-0.2, -0.15) is 0 Å². The number of pyridine rings is 1. The van der Waals surface area contributed by atoms with Gasteiger partial charge in [-0.25, -0.2) is 4.98 Å². The fourth-order valence-electron chi connectivity index (χ4n) is 3.99. The van der Waals surface area contributed by atoms with Gasteiger partial charge in [0, 0.05) is 56.4 Å². The van der Waals surface area contributed by atoms with Crippen LogP contribution < -0.4 is 4.74 Å². The summed E-state index contributed by atoms with van der Waals surface area (Å²) >= 11 is 0. The first-order chi connectivity index (χ1) is 15.1. The summed E-state index contributed by atoms with van der Waals surface area (Å²) in [5.74, 6) is 1.88. The number of hydrogen-bond acceptors (Lipinski definition) is 4. The minimum Gasteiger partial charge on any atom is -0.492 e. The lowest BCUT2D eigenvalue weighted by Gasteiger charge is -2.27. The topological polar surface area (TPSA) is 50.6 Å². The Morgan fingerprint density at radius 3 is 2.77 bits per heavy atom. The molecule has 0 radical (unpaired) electrons. The van der Waals surface area contributed by atoms with Crippen LogP contribution in [0.1, 0.15) is 23.7 Å². The molecule has 1 aliphatic rings. The zero-order valence-electron chi connectivity index (χ0n) is 18.3. The van der Waals surface area contributed by atoms with Crippen molar-refractivity contribution in [1.29, 1.82) is 0 Å². The van der Waals surface area contributed by atoms with Crippen LogP contribution in [0.25, 0.3) is 5.82 Å². The zero-order chi connectivity index (χ0) is 21.6. The molecule has 6 heteroatoms. The van der Waals surface area contributed by atoms with Gasteiger partial charge in [-0.15, -0.1) is 0 Å². The van der Waals surface area contributed by atoms with Gasteiger partial charge in [0.2, 0.25) is 5.91 Å². The van der Waals surface area contributed by atoms with E-state index in [4.69, 9.17) is 4.74 Å². The van der Waals surface area contributed by atoms with Crippen LogP contribution in [-0.4, -0.2) is 58.0 Å². The third kappa shape index (κ3) is 5.14. The number of aromatic nitrogens is 2. The number of carbonyl (C=O) groups excluding carboxylic acids is 1. The van der Waals surface area contributed by atoms with Crippen LogP contribution >= 0.6 is 0 Å². The Balaban J connectivity index is 1.54. The van der Waals surface area contributed by atoms with Gasteiger partial charge in [0.1, 0.15) is 18.2 Å². The van der Waals surface area contributed by atoms with Gasteiger partial charge in [-0.3, -0.25) is 9.69 Å². The number of hydrogen-bond donors (Lipinski definition) is 0. The first-order valence-electron chi connectivity index (χ1n) is 10.9. The second-order valence-electron chi connectivity index (χ2n) is 7.94. The normalized spacial score (nSPS) is 15.8. The first-order valence-corrected chi connectivity index (χ1v) is 10.9. The molecule has 162 valence electrons. The number of para-hydroxylation sites is 1. The van der Waals surface area contributed by atoms with E-state index >= 15 is 0 Å². The molecule has 0 fully saturated rings. The highest BCUT2D eigenvalue weighted by molar-refractivity contribution is 5.79. The van der Waals surface area contributed by atoms with Crippen molar-refractivity contribution in [2.24, 2.45) is 0 Å². The Labute approximate surface area is 184 Å². The third-order valence-electron chi connectivity index (χ3n) is 5.77. The summed E-state index contributed by atoms with van der Waals surface area (Å²) in [4.78, 5) is 21.7. The summed E-state index contributed by atoms with van der Waals surface area (Å²) in [6.07, 6.45) is 4.28. The molecule has 0 saturated heterocycles. The van der Waals surface area contributed by atoms with Gasteiger partial charge in [-0.1, -0.05) is 18.2 Å². The molecule has 0 unspecified atom stereocenters. The fraction of sp³-hybridized carbons (Fsp3) is 0.360. The van der Waals surface area contributed by atoms with E-state index in [0.29, 0.717) is 26.1 Å². The van der Waals surface area contributed by atoms with Crippen LogP contribution in [0.3, 0.4) is 0 Å². The molecule has 0 N–H and O–H groups in total. The molecule has 3 aromatic rings. The van der Waals surface area contributed by atoms with E-state index in [2.05, 4.69) is 45.8 Å². The molecule has 3 heterocycles. The monoisotopic (exact) mass is 418 g/mol. The number of amides is 1. The lowest BCUT2D eigenvalue weighted by atomic mass is 10.1. The summed E-state index contributed by atoms with van der Waals surface area (Å²) in [7, 11) is 0. The minimum atomic E-state index is 0.146. The molecule has 0 atom stereocenters. The molecule has 0 saturated carbocycles. The van der Waals surface area contributed by atoms with E-state index in [1.165, 1.54) is 11.3 Å². The SMILES string of the molecule is CCN1CCN(Cc2cccn2-c2cc(C)ccn2)CCOc2ccccc2CC1=O. The molecule has 0 bridgehead atoms. The highest BCUT2D eigenvalue weighted by Gasteiger charge is 2.19. The number of carbonyl (C=O) groups is 1. The van der Waals surface area contributed by atoms with E-state index in [-0.39, 0.29) is 5.91 Å². The number of ether oxygens (including phenoxy) is 1. The molecular weight excluding hydrogens is 388 g/mol. The van der Waals surface area contributed by atoms with Crippen LogP contribution in [0.5, 0.6) is 5.75 Å². The second kappa shape index (κ2) is 9.79. The number of fused-ring (bicyclic) bond motifs is 1. The Kier molecular flexibility index (Phi) is 6.67. The van der Waals surface area contributed by atoms with Crippen molar-refractivity contribution >= 4 is 5.91 Å². The van der Waals surface area contributed by atoms with E-state index in [9.17, 15) is 4.79 Å². The maximum atomic E-state index is 12.9. The molecule has 1 aliphatic heterocycles. The largest absolute Gasteiger partial charge is 0.492 e. The van der Waals surface area contributed by atoms with E-state index in [1.54, 1.807) is 0 Å². The highest BCUT2D eigenvalue weighted by Crippen LogP contribution is 2.20. The van der Waals surface area contributed by atoms with Crippen LogP contribution in [0.2, 0.25) is 0 Å². The second-order valence-corrected chi connectivity index (χ2v) is 7.94.